The van der Waals surface area contributed by atoms with Crippen molar-refractivity contribution in [2.24, 2.45) is 10.7 Å². The highest BCUT2D eigenvalue weighted by Crippen LogP contribution is 2.08. The maximum absolute atomic E-state index is 11.7. The number of amides is 1. The van der Waals surface area contributed by atoms with Crippen molar-refractivity contribution < 1.29 is 4.79 Å². The van der Waals surface area contributed by atoms with Crippen LogP contribution in [-0.2, 0) is 4.79 Å². The quantitative estimate of drug-likeness (QED) is 0.412. The summed E-state index contributed by atoms with van der Waals surface area (Å²) in [4.78, 5) is 15.7. The van der Waals surface area contributed by atoms with E-state index in [-0.39, 0.29) is 42.4 Å². The van der Waals surface area contributed by atoms with E-state index in [9.17, 15) is 4.79 Å². The van der Waals surface area contributed by atoms with E-state index in [1.165, 1.54) is 0 Å². The van der Waals surface area contributed by atoms with Crippen LogP contribution in [0, 0.1) is 6.92 Å². The average Bonchev–Trinajstić information content (AvgIpc) is 2.46. The Morgan fingerprint density at radius 3 is 2.41 bits per heavy atom. The van der Waals surface area contributed by atoms with Gasteiger partial charge in [0.05, 0.1) is 0 Å². The number of hydrogen-bond acceptors (Lipinski definition) is 2. The lowest BCUT2D eigenvalue weighted by Crippen LogP contribution is -2.25. The SMILES string of the molecule is Cc1cccc(NC(N)=NCC(=O)Nc2ccccc2)c1.I. The molecule has 5 nitrogen and oxygen atoms in total. The van der Waals surface area contributed by atoms with Crippen LogP contribution in [0.1, 0.15) is 5.56 Å². The molecule has 0 unspecified atom stereocenters. The van der Waals surface area contributed by atoms with Gasteiger partial charge >= 0.3 is 0 Å². The molecule has 0 bridgehead atoms. The first-order valence-electron chi connectivity index (χ1n) is 6.62. The zero-order chi connectivity index (χ0) is 15.1. The van der Waals surface area contributed by atoms with Gasteiger partial charge in [-0.3, -0.25) is 4.79 Å². The molecule has 2 rings (SSSR count). The van der Waals surface area contributed by atoms with Crippen molar-refractivity contribution in [2.45, 2.75) is 6.92 Å². The number of aryl methyl sites for hydroxylation is 1. The number of aliphatic imine (C=N–C) groups is 1. The largest absolute Gasteiger partial charge is 0.370 e. The fourth-order valence-electron chi connectivity index (χ4n) is 1.79. The van der Waals surface area contributed by atoms with E-state index in [2.05, 4.69) is 15.6 Å². The third-order valence-corrected chi connectivity index (χ3v) is 2.74. The van der Waals surface area contributed by atoms with Gasteiger partial charge < -0.3 is 16.4 Å². The highest BCUT2D eigenvalue weighted by Gasteiger charge is 2.01. The minimum atomic E-state index is -0.213. The summed E-state index contributed by atoms with van der Waals surface area (Å²) in [6.07, 6.45) is 0. The Morgan fingerprint density at radius 1 is 1.05 bits per heavy atom. The first-order valence-corrected chi connectivity index (χ1v) is 6.62. The van der Waals surface area contributed by atoms with E-state index in [1.807, 2.05) is 61.5 Å². The first kappa shape index (κ1) is 18.0. The standard InChI is InChI=1S/C16H18N4O.HI/c1-12-6-5-9-14(10-12)20-16(17)18-11-15(21)19-13-7-3-2-4-8-13;/h2-10H,11H2,1H3,(H,19,21)(H3,17,18,20);1H. The van der Waals surface area contributed by atoms with E-state index in [4.69, 9.17) is 5.73 Å². The van der Waals surface area contributed by atoms with Crippen LogP contribution in [0.25, 0.3) is 0 Å². The van der Waals surface area contributed by atoms with E-state index in [1.54, 1.807) is 0 Å². The number of guanidine groups is 1. The molecule has 0 spiro atoms. The second kappa shape index (κ2) is 9.04. The van der Waals surface area contributed by atoms with E-state index in [0.717, 1.165) is 16.9 Å². The van der Waals surface area contributed by atoms with Gasteiger partial charge in [0.25, 0.3) is 0 Å². The highest BCUT2D eigenvalue weighted by atomic mass is 127. The van der Waals surface area contributed by atoms with Crippen molar-refractivity contribution in [3.8, 4) is 0 Å². The summed E-state index contributed by atoms with van der Waals surface area (Å²) >= 11 is 0. The van der Waals surface area contributed by atoms with Crippen LogP contribution in [0.3, 0.4) is 0 Å². The predicted octanol–water partition coefficient (Wildman–Crippen LogP) is 2.98. The Labute approximate surface area is 147 Å². The normalized spacial score (nSPS) is 10.5. The van der Waals surface area contributed by atoms with Gasteiger partial charge in [0.1, 0.15) is 6.54 Å². The lowest BCUT2D eigenvalue weighted by Gasteiger charge is -2.06. The van der Waals surface area contributed by atoms with Crippen molar-refractivity contribution in [3.63, 3.8) is 0 Å². The molecule has 0 heterocycles. The molecule has 2 aromatic rings. The number of halogens is 1. The molecule has 0 aliphatic rings. The molecular formula is C16H19IN4O. The van der Waals surface area contributed by atoms with Crippen LogP contribution < -0.4 is 16.4 Å². The molecule has 2 aromatic carbocycles. The Morgan fingerprint density at radius 2 is 1.73 bits per heavy atom. The fourth-order valence-corrected chi connectivity index (χ4v) is 1.79. The summed E-state index contributed by atoms with van der Waals surface area (Å²) in [5, 5.41) is 5.69. The van der Waals surface area contributed by atoms with Crippen LogP contribution in [0.2, 0.25) is 0 Å². The zero-order valence-electron chi connectivity index (χ0n) is 12.2. The summed E-state index contributed by atoms with van der Waals surface area (Å²) in [6.45, 7) is 1.96. The Balaban J connectivity index is 0.00000242. The fraction of sp³-hybridized carbons (Fsp3) is 0.125. The molecule has 22 heavy (non-hydrogen) atoms. The predicted molar refractivity (Wildman–Crippen MR) is 102 cm³/mol. The van der Waals surface area contributed by atoms with E-state index < -0.39 is 0 Å². The summed E-state index contributed by atoms with van der Waals surface area (Å²) < 4.78 is 0. The molecule has 0 aliphatic carbocycles. The first-order chi connectivity index (χ1) is 10.1. The number of nitrogens with two attached hydrogens (primary N) is 1. The van der Waals surface area contributed by atoms with Crippen LogP contribution >= 0.6 is 24.0 Å². The third-order valence-electron chi connectivity index (χ3n) is 2.74. The second-order valence-electron chi connectivity index (χ2n) is 4.61. The number of carbonyl (C=O) groups excluding carboxylic acids is 1. The van der Waals surface area contributed by atoms with Crippen molar-refractivity contribution in [3.05, 3.63) is 60.2 Å². The van der Waals surface area contributed by atoms with Gasteiger partial charge in [0, 0.05) is 11.4 Å². The highest BCUT2D eigenvalue weighted by molar-refractivity contribution is 14.0. The molecule has 0 aromatic heterocycles. The van der Waals surface area contributed by atoms with Crippen LogP contribution in [0.5, 0.6) is 0 Å². The van der Waals surface area contributed by atoms with Crippen molar-refractivity contribution >= 4 is 47.2 Å². The summed E-state index contributed by atoms with van der Waals surface area (Å²) in [5.74, 6) is -0.000922. The van der Waals surface area contributed by atoms with Crippen LogP contribution in [0.15, 0.2) is 59.6 Å². The van der Waals surface area contributed by atoms with Gasteiger partial charge in [-0.1, -0.05) is 30.3 Å². The van der Waals surface area contributed by atoms with Crippen LogP contribution in [-0.4, -0.2) is 18.4 Å². The second-order valence-corrected chi connectivity index (χ2v) is 4.61. The van der Waals surface area contributed by atoms with Gasteiger partial charge in [-0.2, -0.15) is 0 Å². The average molecular weight is 410 g/mol. The zero-order valence-corrected chi connectivity index (χ0v) is 14.6. The summed E-state index contributed by atoms with van der Waals surface area (Å²) in [7, 11) is 0. The number of nitrogens with one attached hydrogen (secondary N) is 2. The minimum Gasteiger partial charge on any atom is -0.370 e. The Kier molecular flexibility index (Phi) is 7.38. The van der Waals surface area contributed by atoms with Gasteiger partial charge in [-0.15, -0.1) is 24.0 Å². The Hall–Kier alpha value is -2.09. The maximum atomic E-state index is 11.7. The van der Waals surface area contributed by atoms with Gasteiger partial charge in [-0.25, -0.2) is 4.99 Å². The van der Waals surface area contributed by atoms with Gasteiger partial charge in [0.2, 0.25) is 5.91 Å². The number of benzene rings is 2. The van der Waals surface area contributed by atoms with Crippen molar-refractivity contribution in [2.75, 3.05) is 17.2 Å². The van der Waals surface area contributed by atoms with Gasteiger partial charge in [-0.05, 0) is 36.8 Å². The molecule has 6 heteroatoms. The number of rotatable bonds is 4. The van der Waals surface area contributed by atoms with Crippen molar-refractivity contribution in [1.29, 1.82) is 0 Å². The molecular weight excluding hydrogens is 391 g/mol. The molecule has 1 amide bonds. The monoisotopic (exact) mass is 410 g/mol. The summed E-state index contributed by atoms with van der Waals surface area (Å²) in [6, 6.07) is 17.0. The maximum Gasteiger partial charge on any atom is 0.246 e. The molecule has 0 radical (unpaired) electrons. The van der Waals surface area contributed by atoms with E-state index in [0.29, 0.717) is 0 Å². The van der Waals surface area contributed by atoms with Crippen molar-refractivity contribution in [1.82, 2.24) is 0 Å². The number of para-hydroxylation sites is 1. The smallest absolute Gasteiger partial charge is 0.246 e. The lowest BCUT2D eigenvalue weighted by molar-refractivity contribution is -0.114. The molecule has 116 valence electrons. The topological polar surface area (TPSA) is 79.5 Å². The molecule has 0 atom stereocenters. The molecule has 0 fully saturated rings. The number of nitrogens with zero attached hydrogens (tertiary/aromatic N) is 1. The molecule has 0 saturated carbocycles. The number of hydrogen-bond donors (Lipinski definition) is 3. The number of anilines is 2. The third kappa shape index (κ3) is 6.13. The minimum absolute atomic E-state index is 0. The number of carbonyl (C=O) groups is 1. The Bertz CT molecular complexity index is 644. The van der Waals surface area contributed by atoms with Gasteiger partial charge in [0.15, 0.2) is 5.96 Å². The molecule has 4 N–H and O–H groups in total. The summed E-state index contributed by atoms with van der Waals surface area (Å²) in [5.41, 5.74) is 8.46. The molecule has 0 saturated heterocycles. The molecule has 0 aliphatic heterocycles. The van der Waals surface area contributed by atoms with E-state index >= 15 is 0 Å². The lowest BCUT2D eigenvalue weighted by atomic mass is 10.2. The van der Waals surface area contributed by atoms with Crippen LogP contribution in [0.4, 0.5) is 11.4 Å².